The third-order valence-corrected chi connectivity index (χ3v) is 5.96. The maximum atomic E-state index is 13.3. The fourth-order valence-corrected chi connectivity index (χ4v) is 4.04. The van der Waals surface area contributed by atoms with Crippen molar-refractivity contribution < 1.29 is 4.79 Å². The fraction of sp³-hybridized carbons (Fsp3) is 0.348. The fourth-order valence-electron chi connectivity index (χ4n) is 3.74. The number of carbonyl (C=O) groups excluding carboxylic acids is 1. The van der Waals surface area contributed by atoms with Gasteiger partial charge in [0.25, 0.3) is 5.56 Å². The van der Waals surface area contributed by atoms with E-state index in [1.165, 1.54) is 4.57 Å². The monoisotopic (exact) mass is 482 g/mol. The second-order valence-electron chi connectivity index (χ2n) is 8.25. The number of hydrogen-bond acceptors (Lipinski definition) is 8. The molecule has 4 rings (SSSR count). The van der Waals surface area contributed by atoms with E-state index in [-0.39, 0.29) is 35.4 Å². The van der Waals surface area contributed by atoms with Gasteiger partial charge in [-0.3, -0.25) is 14.2 Å². The van der Waals surface area contributed by atoms with Gasteiger partial charge in [-0.1, -0.05) is 23.7 Å². The number of aromatic nitrogens is 4. The lowest BCUT2D eigenvalue weighted by molar-refractivity contribution is -0.121. The van der Waals surface area contributed by atoms with E-state index in [2.05, 4.69) is 25.6 Å². The van der Waals surface area contributed by atoms with E-state index in [0.29, 0.717) is 36.3 Å². The summed E-state index contributed by atoms with van der Waals surface area (Å²) in [5, 5.41) is 6.14. The van der Waals surface area contributed by atoms with E-state index in [0.717, 1.165) is 25.0 Å². The van der Waals surface area contributed by atoms with Gasteiger partial charge in [0.2, 0.25) is 11.9 Å². The molecule has 0 atom stereocenters. The average Bonchev–Trinajstić information content (AvgIpc) is 2.77. The van der Waals surface area contributed by atoms with Crippen LogP contribution in [0, 0.1) is 0 Å². The molecular formula is C23H27ClN8O2. The number of hydrogen-bond donors (Lipinski definition) is 4. The molecule has 3 aromatic rings. The zero-order chi connectivity index (χ0) is 24.1. The molecule has 10 nitrogen and oxygen atoms in total. The molecule has 1 fully saturated rings. The van der Waals surface area contributed by atoms with Gasteiger partial charge in [-0.25, -0.2) is 15.0 Å². The van der Waals surface area contributed by atoms with Crippen LogP contribution < -0.4 is 27.7 Å². The zero-order valence-electron chi connectivity index (χ0n) is 18.6. The molecule has 2 heterocycles. The predicted octanol–water partition coefficient (Wildman–Crippen LogP) is 2.23. The van der Waals surface area contributed by atoms with Gasteiger partial charge in [0.05, 0.1) is 5.69 Å². The number of halogens is 1. The van der Waals surface area contributed by atoms with Crippen molar-refractivity contribution in [2.75, 3.05) is 23.3 Å². The first-order valence-corrected chi connectivity index (χ1v) is 11.6. The van der Waals surface area contributed by atoms with Crippen LogP contribution in [0.2, 0.25) is 5.15 Å². The summed E-state index contributed by atoms with van der Waals surface area (Å²) in [6, 6.07) is 8.94. The molecule has 1 aromatic carbocycles. The molecule has 2 aromatic heterocycles. The standard InChI is InChI=1S/C23H27ClN8O2/c24-20-19(14-4-1-5-15(25)12-14)32(22(34)21(31-20)29-16-6-2-7-16)13-18(33)27-10-3-8-17-9-11-28-23(26)30-17/h1,4-5,9,11-12,16H,2-3,6-8,10,13,25H2,(H,27,33)(H,29,31)(H2,26,28,30). The number of amides is 1. The summed E-state index contributed by atoms with van der Waals surface area (Å²) in [7, 11) is 0. The molecule has 0 spiro atoms. The van der Waals surface area contributed by atoms with Gasteiger partial charge in [0.15, 0.2) is 11.0 Å². The summed E-state index contributed by atoms with van der Waals surface area (Å²) in [5.41, 5.74) is 13.4. The lowest BCUT2D eigenvalue weighted by atomic mass is 9.93. The molecule has 11 heteroatoms. The molecule has 34 heavy (non-hydrogen) atoms. The highest BCUT2D eigenvalue weighted by atomic mass is 35.5. The minimum Gasteiger partial charge on any atom is -0.399 e. The zero-order valence-corrected chi connectivity index (χ0v) is 19.4. The Morgan fingerprint density at radius 1 is 1.21 bits per heavy atom. The molecule has 1 aliphatic rings. The van der Waals surface area contributed by atoms with Crippen LogP contribution in [0.15, 0.2) is 41.3 Å². The lowest BCUT2D eigenvalue weighted by Crippen LogP contribution is -2.37. The summed E-state index contributed by atoms with van der Waals surface area (Å²) in [4.78, 5) is 38.4. The SMILES string of the molecule is Nc1cccc(-c2c(Cl)nc(NC3CCC3)c(=O)n2CC(=O)NCCCc2ccnc(N)n2)c1. The number of nitrogens with zero attached hydrogens (tertiary/aromatic N) is 4. The summed E-state index contributed by atoms with van der Waals surface area (Å²) in [6.45, 7) is 0.210. The van der Waals surface area contributed by atoms with E-state index < -0.39 is 5.56 Å². The van der Waals surface area contributed by atoms with Crippen LogP contribution in [0.3, 0.4) is 0 Å². The molecule has 0 unspecified atom stereocenters. The van der Waals surface area contributed by atoms with E-state index in [1.807, 2.05) is 0 Å². The molecule has 1 aliphatic carbocycles. The van der Waals surface area contributed by atoms with E-state index in [9.17, 15) is 9.59 Å². The first-order valence-electron chi connectivity index (χ1n) is 11.2. The van der Waals surface area contributed by atoms with Crippen molar-refractivity contribution in [2.24, 2.45) is 0 Å². The Hall–Kier alpha value is -3.66. The molecule has 178 valence electrons. The smallest absolute Gasteiger partial charge is 0.294 e. The van der Waals surface area contributed by atoms with E-state index in [4.69, 9.17) is 23.1 Å². The van der Waals surface area contributed by atoms with Crippen LogP contribution in [0.25, 0.3) is 11.3 Å². The predicted molar refractivity (Wildman–Crippen MR) is 132 cm³/mol. The molecule has 1 saturated carbocycles. The number of carbonyl (C=O) groups is 1. The molecule has 0 saturated heterocycles. The highest BCUT2D eigenvalue weighted by Crippen LogP contribution is 2.29. The van der Waals surface area contributed by atoms with Crippen LogP contribution >= 0.6 is 11.6 Å². The largest absolute Gasteiger partial charge is 0.399 e. The van der Waals surface area contributed by atoms with Crippen LogP contribution in [0.1, 0.15) is 31.4 Å². The van der Waals surface area contributed by atoms with Gasteiger partial charge in [-0.05, 0) is 50.3 Å². The van der Waals surface area contributed by atoms with Crippen LogP contribution in [0.5, 0.6) is 0 Å². The van der Waals surface area contributed by atoms with Gasteiger partial charge in [0, 0.05) is 35.7 Å². The van der Waals surface area contributed by atoms with Gasteiger partial charge < -0.3 is 22.1 Å². The van der Waals surface area contributed by atoms with E-state index >= 15 is 0 Å². The molecule has 6 N–H and O–H groups in total. The summed E-state index contributed by atoms with van der Waals surface area (Å²) in [6.07, 6.45) is 5.93. The quantitative estimate of drug-likeness (QED) is 0.267. The number of nitrogen functional groups attached to an aromatic ring is 2. The van der Waals surface area contributed by atoms with Gasteiger partial charge >= 0.3 is 0 Å². The van der Waals surface area contributed by atoms with Crippen molar-refractivity contribution >= 4 is 35.0 Å². The minimum absolute atomic E-state index is 0.126. The number of nitrogens with one attached hydrogen (secondary N) is 2. The summed E-state index contributed by atoms with van der Waals surface area (Å²) < 4.78 is 1.35. The Bertz CT molecular complexity index is 1240. The molecule has 0 aliphatic heterocycles. The maximum Gasteiger partial charge on any atom is 0.294 e. The molecule has 0 bridgehead atoms. The summed E-state index contributed by atoms with van der Waals surface area (Å²) in [5.74, 6) is 0.0543. The van der Waals surface area contributed by atoms with Crippen LogP contribution in [0.4, 0.5) is 17.5 Å². The number of nitrogens with two attached hydrogens (primary N) is 2. The van der Waals surface area contributed by atoms with Crippen LogP contribution in [-0.4, -0.2) is 38.0 Å². The van der Waals surface area contributed by atoms with Crippen molar-refractivity contribution in [1.82, 2.24) is 24.8 Å². The number of rotatable bonds is 9. The maximum absolute atomic E-state index is 13.3. The third kappa shape index (κ3) is 5.63. The highest BCUT2D eigenvalue weighted by molar-refractivity contribution is 6.32. The first-order chi connectivity index (χ1) is 16.4. The Morgan fingerprint density at radius 3 is 2.74 bits per heavy atom. The van der Waals surface area contributed by atoms with Gasteiger partial charge in [0.1, 0.15) is 6.54 Å². The van der Waals surface area contributed by atoms with Gasteiger partial charge in [-0.2, -0.15) is 0 Å². The normalized spacial score (nSPS) is 13.3. The minimum atomic E-state index is -0.402. The Balaban J connectivity index is 1.52. The lowest BCUT2D eigenvalue weighted by Gasteiger charge is -2.27. The summed E-state index contributed by atoms with van der Waals surface area (Å²) >= 11 is 6.52. The second kappa shape index (κ2) is 10.5. The van der Waals surface area contributed by atoms with Crippen molar-refractivity contribution in [1.29, 1.82) is 0 Å². The van der Waals surface area contributed by atoms with Crippen molar-refractivity contribution in [3.8, 4) is 11.3 Å². The number of aryl methyl sites for hydroxylation is 1. The number of anilines is 3. The Labute approximate surface area is 201 Å². The van der Waals surface area contributed by atoms with Crippen molar-refractivity contribution in [3.63, 3.8) is 0 Å². The van der Waals surface area contributed by atoms with Crippen molar-refractivity contribution in [2.45, 2.75) is 44.7 Å². The van der Waals surface area contributed by atoms with Crippen LogP contribution in [-0.2, 0) is 17.8 Å². The van der Waals surface area contributed by atoms with E-state index in [1.54, 1.807) is 36.5 Å². The van der Waals surface area contributed by atoms with Crippen molar-refractivity contribution in [3.05, 3.63) is 57.7 Å². The Morgan fingerprint density at radius 2 is 2.03 bits per heavy atom. The molecule has 1 amide bonds. The first kappa shape index (κ1) is 23.5. The van der Waals surface area contributed by atoms with Gasteiger partial charge in [-0.15, -0.1) is 0 Å². The average molecular weight is 483 g/mol. The topological polar surface area (TPSA) is 154 Å². The number of benzene rings is 1. The highest BCUT2D eigenvalue weighted by Gasteiger charge is 2.23. The molecular weight excluding hydrogens is 456 g/mol. The molecule has 0 radical (unpaired) electrons. The second-order valence-corrected chi connectivity index (χ2v) is 8.61. The Kier molecular flexibility index (Phi) is 7.27. The third-order valence-electron chi connectivity index (χ3n) is 5.69.